The lowest BCUT2D eigenvalue weighted by Crippen LogP contribution is -2.40. The van der Waals surface area contributed by atoms with Crippen molar-refractivity contribution in [2.24, 2.45) is 0 Å². The molecule has 0 aromatic carbocycles. The van der Waals surface area contributed by atoms with E-state index in [4.69, 9.17) is 4.74 Å². The minimum absolute atomic E-state index is 0.175. The Hall–Kier alpha value is -1.95. The summed E-state index contributed by atoms with van der Waals surface area (Å²) in [7, 11) is 0. The molecule has 1 aromatic rings. The first-order chi connectivity index (χ1) is 9.59. The lowest BCUT2D eigenvalue weighted by atomic mass is 10.3. The maximum atomic E-state index is 11.5. The van der Waals surface area contributed by atoms with Gasteiger partial charge in [0.2, 0.25) is 0 Å². The number of rotatable bonds is 7. The molecule has 0 spiro atoms. The number of hydrogen-bond donors (Lipinski definition) is 2. The second-order valence-electron chi connectivity index (χ2n) is 4.57. The maximum absolute atomic E-state index is 11.5. The topological polar surface area (TPSA) is 80.3 Å². The number of aromatic nitrogens is 1. The summed E-state index contributed by atoms with van der Waals surface area (Å²) in [4.78, 5) is 26.9. The first-order valence-electron chi connectivity index (χ1n) is 6.66. The van der Waals surface area contributed by atoms with Gasteiger partial charge in [0.25, 0.3) is 0 Å². The summed E-state index contributed by atoms with van der Waals surface area (Å²) >= 11 is 0. The van der Waals surface area contributed by atoms with Crippen LogP contribution < -0.4 is 10.6 Å². The lowest BCUT2D eigenvalue weighted by molar-refractivity contribution is -0.139. The van der Waals surface area contributed by atoms with Crippen molar-refractivity contribution in [3.8, 4) is 0 Å². The summed E-state index contributed by atoms with van der Waals surface area (Å²) < 4.78 is 5.33. The lowest BCUT2D eigenvalue weighted by Gasteiger charge is -2.08. The molecule has 0 saturated heterocycles. The number of ether oxygens (including phenoxy) is 1. The van der Waals surface area contributed by atoms with Crippen LogP contribution >= 0.6 is 0 Å². The van der Waals surface area contributed by atoms with Crippen LogP contribution in [0.2, 0.25) is 0 Å². The first kappa shape index (κ1) is 16.1. The molecule has 1 heterocycles. The molecule has 0 aliphatic carbocycles. The van der Waals surface area contributed by atoms with Crippen LogP contribution in [0, 0.1) is 0 Å². The van der Waals surface area contributed by atoms with Gasteiger partial charge in [0.15, 0.2) is 0 Å². The van der Waals surface area contributed by atoms with Crippen LogP contribution in [0.4, 0.5) is 0 Å². The summed E-state index contributed by atoms with van der Waals surface area (Å²) in [6, 6.07) is 3.60. The van der Waals surface area contributed by atoms with Crippen molar-refractivity contribution in [2.75, 3.05) is 13.2 Å². The number of nitrogens with zero attached hydrogens (tertiary/aromatic N) is 1. The Balaban J connectivity index is 2.15. The van der Waals surface area contributed by atoms with E-state index >= 15 is 0 Å². The van der Waals surface area contributed by atoms with Crippen LogP contribution in [0.1, 0.15) is 25.8 Å². The highest BCUT2D eigenvalue weighted by molar-refractivity contribution is 6.35. The standard InChI is InChI=1S/C14H21N3O3/c1-11(2)20-8-4-7-16-13(18)14(19)17-10-12-5-3-6-15-9-12/h3,5-6,9,11H,4,7-8,10H2,1-2H3,(H,16,18)(H,17,19). The van der Waals surface area contributed by atoms with E-state index in [1.54, 1.807) is 18.5 Å². The van der Waals surface area contributed by atoms with Crippen LogP contribution in [0.3, 0.4) is 0 Å². The largest absolute Gasteiger partial charge is 0.379 e. The fraction of sp³-hybridized carbons (Fsp3) is 0.500. The third-order valence-corrected chi connectivity index (χ3v) is 2.44. The molecular formula is C14H21N3O3. The number of carbonyl (C=O) groups excluding carboxylic acids is 2. The molecule has 6 heteroatoms. The van der Waals surface area contributed by atoms with Crippen LogP contribution in [0.25, 0.3) is 0 Å². The van der Waals surface area contributed by atoms with Gasteiger partial charge in [-0.25, -0.2) is 0 Å². The SMILES string of the molecule is CC(C)OCCCNC(=O)C(=O)NCc1cccnc1. The van der Waals surface area contributed by atoms with Crippen molar-refractivity contribution in [1.82, 2.24) is 15.6 Å². The van der Waals surface area contributed by atoms with Crippen molar-refractivity contribution in [1.29, 1.82) is 0 Å². The van der Waals surface area contributed by atoms with E-state index < -0.39 is 11.8 Å². The van der Waals surface area contributed by atoms with Gasteiger partial charge < -0.3 is 15.4 Å². The van der Waals surface area contributed by atoms with Gasteiger partial charge in [0.1, 0.15) is 0 Å². The zero-order valence-electron chi connectivity index (χ0n) is 11.9. The molecule has 0 fully saturated rings. The minimum atomic E-state index is -0.640. The maximum Gasteiger partial charge on any atom is 0.309 e. The first-order valence-corrected chi connectivity index (χ1v) is 6.66. The van der Waals surface area contributed by atoms with Gasteiger partial charge >= 0.3 is 11.8 Å². The second-order valence-corrected chi connectivity index (χ2v) is 4.57. The van der Waals surface area contributed by atoms with E-state index in [-0.39, 0.29) is 12.6 Å². The quantitative estimate of drug-likeness (QED) is 0.566. The predicted octanol–water partition coefficient (Wildman–Crippen LogP) is 0.629. The summed E-state index contributed by atoms with van der Waals surface area (Å²) in [5.41, 5.74) is 0.846. The molecule has 0 atom stereocenters. The molecule has 2 N–H and O–H groups in total. The van der Waals surface area contributed by atoms with Crippen LogP contribution in [0.5, 0.6) is 0 Å². The van der Waals surface area contributed by atoms with Gasteiger partial charge in [-0.15, -0.1) is 0 Å². The van der Waals surface area contributed by atoms with Gasteiger partial charge in [-0.05, 0) is 31.9 Å². The van der Waals surface area contributed by atoms with Gasteiger partial charge in [-0.1, -0.05) is 6.07 Å². The average Bonchev–Trinajstić information content (AvgIpc) is 2.45. The Morgan fingerprint density at radius 1 is 1.30 bits per heavy atom. The number of hydrogen-bond acceptors (Lipinski definition) is 4. The van der Waals surface area contributed by atoms with E-state index in [2.05, 4.69) is 15.6 Å². The van der Waals surface area contributed by atoms with E-state index in [1.807, 2.05) is 19.9 Å². The Bertz CT molecular complexity index is 421. The van der Waals surface area contributed by atoms with E-state index in [0.717, 1.165) is 5.56 Å². The Kier molecular flexibility index (Phi) is 7.27. The number of nitrogens with one attached hydrogen (secondary N) is 2. The third-order valence-electron chi connectivity index (χ3n) is 2.44. The summed E-state index contributed by atoms with van der Waals surface area (Å²) in [5.74, 6) is -1.27. The van der Waals surface area contributed by atoms with Gasteiger partial charge in [0, 0.05) is 32.1 Å². The number of amides is 2. The third kappa shape index (κ3) is 6.84. The Morgan fingerprint density at radius 2 is 2.05 bits per heavy atom. The molecule has 20 heavy (non-hydrogen) atoms. The minimum Gasteiger partial charge on any atom is -0.379 e. The van der Waals surface area contributed by atoms with Crippen molar-refractivity contribution in [3.05, 3.63) is 30.1 Å². The van der Waals surface area contributed by atoms with Crippen LogP contribution in [-0.4, -0.2) is 36.1 Å². The van der Waals surface area contributed by atoms with Gasteiger partial charge in [0.05, 0.1) is 6.10 Å². The smallest absolute Gasteiger partial charge is 0.309 e. The summed E-state index contributed by atoms with van der Waals surface area (Å²) in [6.45, 7) is 5.17. The summed E-state index contributed by atoms with van der Waals surface area (Å²) in [6.07, 6.45) is 4.15. The van der Waals surface area contributed by atoms with Crippen LogP contribution in [-0.2, 0) is 20.9 Å². The van der Waals surface area contributed by atoms with Crippen LogP contribution in [0.15, 0.2) is 24.5 Å². The van der Waals surface area contributed by atoms with E-state index in [9.17, 15) is 9.59 Å². The molecule has 6 nitrogen and oxygen atoms in total. The van der Waals surface area contributed by atoms with Crippen molar-refractivity contribution < 1.29 is 14.3 Å². The monoisotopic (exact) mass is 279 g/mol. The average molecular weight is 279 g/mol. The molecule has 1 rings (SSSR count). The molecule has 110 valence electrons. The molecule has 2 amide bonds. The van der Waals surface area contributed by atoms with Gasteiger partial charge in [-0.2, -0.15) is 0 Å². The highest BCUT2D eigenvalue weighted by atomic mass is 16.5. The molecule has 0 aliphatic heterocycles. The zero-order chi connectivity index (χ0) is 14.8. The van der Waals surface area contributed by atoms with Gasteiger partial charge in [-0.3, -0.25) is 14.6 Å². The molecule has 0 radical (unpaired) electrons. The Labute approximate surface area is 118 Å². The fourth-order valence-electron chi connectivity index (χ4n) is 1.44. The fourth-order valence-corrected chi connectivity index (χ4v) is 1.44. The normalized spacial score (nSPS) is 10.3. The Morgan fingerprint density at radius 3 is 2.70 bits per heavy atom. The number of carbonyl (C=O) groups is 2. The van der Waals surface area contributed by atoms with Crippen molar-refractivity contribution in [3.63, 3.8) is 0 Å². The molecule has 1 aromatic heterocycles. The molecule has 0 saturated carbocycles. The summed E-state index contributed by atoms with van der Waals surface area (Å²) in [5, 5.41) is 5.08. The molecule has 0 unspecified atom stereocenters. The van der Waals surface area contributed by atoms with E-state index in [0.29, 0.717) is 19.6 Å². The van der Waals surface area contributed by atoms with Crippen molar-refractivity contribution in [2.45, 2.75) is 32.9 Å². The molecule has 0 aliphatic rings. The highest BCUT2D eigenvalue weighted by Gasteiger charge is 2.11. The zero-order valence-corrected chi connectivity index (χ0v) is 11.9. The molecule has 0 bridgehead atoms. The highest BCUT2D eigenvalue weighted by Crippen LogP contribution is 1.94. The van der Waals surface area contributed by atoms with E-state index in [1.165, 1.54) is 0 Å². The predicted molar refractivity (Wildman–Crippen MR) is 74.8 cm³/mol. The molecular weight excluding hydrogens is 258 g/mol. The second kappa shape index (κ2) is 9.03. The number of pyridine rings is 1. The van der Waals surface area contributed by atoms with Crippen molar-refractivity contribution >= 4 is 11.8 Å².